The van der Waals surface area contributed by atoms with E-state index in [9.17, 15) is 4.79 Å². The number of likely N-dealkylation sites (tertiary alicyclic amines) is 2. The number of benzene rings is 1. The summed E-state index contributed by atoms with van der Waals surface area (Å²) in [5, 5.41) is 0. The molecule has 3 aliphatic rings. The molecule has 1 unspecified atom stereocenters. The fourth-order valence-corrected chi connectivity index (χ4v) is 4.90. The van der Waals surface area contributed by atoms with Gasteiger partial charge in [-0.15, -0.1) is 0 Å². The first-order chi connectivity index (χ1) is 13.6. The molecule has 2 heterocycles. The van der Waals surface area contributed by atoms with Crippen molar-refractivity contribution in [2.45, 2.75) is 71.1 Å². The first kappa shape index (κ1) is 20.7. The molecular formula is C24H37N3O2. The van der Waals surface area contributed by atoms with Crippen molar-refractivity contribution in [3.63, 3.8) is 0 Å². The lowest BCUT2D eigenvalue weighted by Gasteiger charge is -2.48. The van der Waals surface area contributed by atoms with Crippen LogP contribution in [0.1, 0.15) is 76.6 Å². The predicted octanol–water partition coefficient (Wildman–Crippen LogP) is 4.49. The Morgan fingerprint density at radius 1 is 1.17 bits per heavy atom. The summed E-state index contributed by atoms with van der Waals surface area (Å²) in [6, 6.07) is 9.52. The number of carbonyl (C=O) groups is 1. The Labute approximate surface area is 175 Å². The van der Waals surface area contributed by atoms with Gasteiger partial charge in [0.15, 0.2) is 0 Å². The highest BCUT2D eigenvalue weighted by molar-refractivity contribution is 5.69. The Morgan fingerprint density at radius 3 is 2.34 bits per heavy atom. The predicted molar refractivity (Wildman–Crippen MR) is 116 cm³/mol. The molecule has 4 rings (SSSR count). The number of ether oxygens (including phenoxy) is 1. The van der Waals surface area contributed by atoms with Gasteiger partial charge in [-0.05, 0) is 64.1 Å². The molecule has 5 nitrogen and oxygen atoms in total. The highest BCUT2D eigenvalue weighted by Gasteiger charge is 2.51. The van der Waals surface area contributed by atoms with Gasteiger partial charge in [-0.2, -0.15) is 0 Å². The van der Waals surface area contributed by atoms with E-state index in [0.717, 1.165) is 32.1 Å². The third-order valence-electron chi connectivity index (χ3n) is 6.71. The van der Waals surface area contributed by atoms with Crippen molar-refractivity contribution in [2.75, 3.05) is 26.2 Å². The van der Waals surface area contributed by atoms with Gasteiger partial charge in [-0.1, -0.05) is 37.1 Å². The van der Waals surface area contributed by atoms with Crippen LogP contribution in [0.4, 0.5) is 4.79 Å². The monoisotopic (exact) mass is 399 g/mol. The molecule has 1 amide bonds. The Kier molecular flexibility index (Phi) is 5.41. The standard InChI is InChI=1S/C24H37N3O2/c1-17(25)19-7-9-20(10-8-19)21(13-18-5-6-18)26-12-11-24(14-26)15-27(16-24)22(28)29-23(2,3)4/h7-10,17-18,21H,5-6,11-16,25H2,1-4H3/t17-,21?/m0/s1. The zero-order chi connectivity index (χ0) is 20.8. The van der Waals surface area contributed by atoms with Gasteiger partial charge < -0.3 is 15.4 Å². The van der Waals surface area contributed by atoms with E-state index in [0.29, 0.717) is 6.04 Å². The summed E-state index contributed by atoms with van der Waals surface area (Å²) in [7, 11) is 0. The van der Waals surface area contributed by atoms with E-state index in [4.69, 9.17) is 10.5 Å². The summed E-state index contributed by atoms with van der Waals surface area (Å²) in [5.74, 6) is 0.879. The normalized spacial score (nSPS) is 23.7. The molecule has 3 fully saturated rings. The highest BCUT2D eigenvalue weighted by atomic mass is 16.6. The average Bonchev–Trinajstić information content (AvgIpc) is 3.32. The molecule has 29 heavy (non-hydrogen) atoms. The minimum absolute atomic E-state index is 0.0785. The van der Waals surface area contributed by atoms with Crippen LogP contribution in [0, 0.1) is 11.3 Å². The van der Waals surface area contributed by atoms with E-state index in [1.807, 2.05) is 32.6 Å². The molecule has 0 aromatic heterocycles. The van der Waals surface area contributed by atoms with E-state index < -0.39 is 5.60 Å². The van der Waals surface area contributed by atoms with Crippen LogP contribution in [0.2, 0.25) is 0 Å². The lowest BCUT2D eigenvalue weighted by atomic mass is 9.79. The summed E-state index contributed by atoms with van der Waals surface area (Å²) in [6.07, 6.45) is 5.01. The van der Waals surface area contributed by atoms with Gasteiger partial charge in [0.05, 0.1) is 0 Å². The second-order valence-electron chi connectivity index (χ2n) is 10.7. The number of amides is 1. The zero-order valence-corrected chi connectivity index (χ0v) is 18.5. The van der Waals surface area contributed by atoms with Gasteiger partial charge in [-0.3, -0.25) is 4.90 Å². The molecule has 1 saturated carbocycles. The number of nitrogens with two attached hydrogens (primary N) is 1. The van der Waals surface area contributed by atoms with Crippen molar-refractivity contribution >= 4 is 6.09 Å². The van der Waals surface area contributed by atoms with E-state index in [-0.39, 0.29) is 17.6 Å². The molecule has 1 spiro atoms. The Hall–Kier alpha value is -1.59. The van der Waals surface area contributed by atoms with E-state index in [2.05, 4.69) is 29.2 Å². The van der Waals surface area contributed by atoms with Crippen molar-refractivity contribution in [2.24, 2.45) is 17.1 Å². The van der Waals surface area contributed by atoms with Crippen LogP contribution in [0.25, 0.3) is 0 Å². The quantitative estimate of drug-likeness (QED) is 0.792. The lowest BCUT2D eigenvalue weighted by Crippen LogP contribution is -2.60. The van der Waals surface area contributed by atoms with Crippen molar-refractivity contribution in [1.29, 1.82) is 0 Å². The van der Waals surface area contributed by atoms with Crippen molar-refractivity contribution in [1.82, 2.24) is 9.80 Å². The molecule has 1 aliphatic carbocycles. The third-order valence-corrected chi connectivity index (χ3v) is 6.71. The number of hydrogen-bond donors (Lipinski definition) is 1. The molecule has 0 radical (unpaired) electrons. The molecule has 0 bridgehead atoms. The molecule has 2 N–H and O–H groups in total. The van der Waals surface area contributed by atoms with E-state index in [1.54, 1.807) is 0 Å². The Morgan fingerprint density at radius 2 is 1.79 bits per heavy atom. The van der Waals surface area contributed by atoms with Crippen LogP contribution in [-0.2, 0) is 4.74 Å². The topological polar surface area (TPSA) is 58.8 Å². The van der Waals surface area contributed by atoms with Crippen molar-refractivity contribution in [3.8, 4) is 0 Å². The minimum Gasteiger partial charge on any atom is -0.444 e. The summed E-state index contributed by atoms with van der Waals surface area (Å²) in [6.45, 7) is 11.7. The summed E-state index contributed by atoms with van der Waals surface area (Å²) >= 11 is 0. The van der Waals surface area contributed by atoms with Crippen LogP contribution in [0.3, 0.4) is 0 Å². The largest absolute Gasteiger partial charge is 0.444 e. The van der Waals surface area contributed by atoms with Gasteiger partial charge in [0.2, 0.25) is 0 Å². The third kappa shape index (κ3) is 4.77. The van der Waals surface area contributed by atoms with Crippen LogP contribution >= 0.6 is 0 Å². The minimum atomic E-state index is -0.426. The maximum atomic E-state index is 12.3. The molecule has 1 aromatic rings. The Bertz CT molecular complexity index is 727. The molecule has 1 aromatic carbocycles. The second kappa shape index (κ2) is 7.59. The second-order valence-corrected chi connectivity index (χ2v) is 10.7. The summed E-state index contributed by atoms with van der Waals surface area (Å²) < 4.78 is 5.54. The van der Waals surface area contributed by atoms with Gasteiger partial charge in [0.25, 0.3) is 0 Å². The smallest absolute Gasteiger partial charge is 0.410 e. The van der Waals surface area contributed by atoms with Crippen LogP contribution in [-0.4, -0.2) is 47.7 Å². The van der Waals surface area contributed by atoms with Gasteiger partial charge in [0, 0.05) is 37.1 Å². The molecular weight excluding hydrogens is 362 g/mol. The highest BCUT2D eigenvalue weighted by Crippen LogP contribution is 2.46. The van der Waals surface area contributed by atoms with Crippen LogP contribution in [0.15, 0.2) is 24.3 Å². The maximum absolute atomic E-state index is 12.3. The lowest BCUT2D eigenvalue weighted by molar-refractivity contribution is -0.0318. The van der Waals surface area contributed by atoms with Crippen LogP contribution < -0.4 is 5.73 Å². The molecule has 2 atom stereocenters. The summed E-state index contributed by atoms with van der Waals surface area (Å²) in [5.41, 5.74) is 8.48. The van der Waals surface area contributed by atoms with Gasteiger partial charge in [-0.25, -0.2) is 4.79 Å². The maximum Gasteiger partial charge on any atom is 0.410 e. The molecule has 160 valence electrons. The van der Waals surface area contributed by atoms with Crippen LogP contribution in [0.5, 0.6) is 0 Å². The van der Waals surface area contributed by atoms with Gasteiger partial charge in [0.1, 0.15) is 5.60 Å². The summed E-state index contributed by atoms with van der Waals surface area (Å²) in [4.78, 5) is 16.9. The fraction of sp³-hybridized carbons (Fsp3) is 0.708. The van der Waals surface area contributed by atoms with Gasteiger partial charge >= 0.3 is 6.09 Å². The molecule has 2 aliphatic heterocycles. The first-order valence-electron chi connectivity index (χ1n) is 11.2. The number of rotatable bonds is 5. The van der Waals surface area contributed by atoms with E-state index >= 15 is 0 Å². The molecule has 5 heteroatoms. The first-order valence-corrected chi connectivity index (χ1v) is 11.2. The number of hydrogen-bond acceptors (Lipinski definition) is 4. The Balaban J connectivity index is 1.40. The molecule has 2 saturated heterocycles. The van der Waals surface area contributed by atoms with Crippen molar-refractivity contribution in [3.05, 3.63) is 35.4 Å². The number of carbonyl (C=O) groups excluding carboxylic acids is 1. The number of nitrogens with zero attached hydrogens (tertiary/aromatic N) is 2. The van der Waals surface area contributed by atoms with E-state index in [1.165, 1.54) is 36.8 Å². The fourth-order valence-electron chi connectivity index (χ4n) is 4.90. The van der Waals surface area contributed by atoms with Crippen molar-refractivity contribution < 1.29 is 9.53 Å². The zero-order valence-electron chi connectivity index (χ0n) is 18.5. The average molecular weight is 400 g/mol. The SMILES string of the molecule is C[C@H](N)c1ccc(C(CC2CC2)N2CCC3(CN(C(=O)OC(C)(C)C)C3)C2)cc1.